The van der Waals surface area contributed by atoms with Crippen molar-refractivity contribution in [2.45, 2.75) is 46.3 Å². The standard InChI is InChI=1S/C14H20BrNO2/c1-5-10-8-12(15)7-6-11(10)9-16-13(17)18-14(2,3)4/h6-8H,5,9H2,1-4H3,(H,16,17). The van der Waals surface area contributed by atoms with Gasteiger partial charge in [0.1, 0.15) is 5.60 Å². The van der Waals surface area contributed by atoms with Crippen LogP contribution in [0, 0.1) is 0 Å². The first-order valence-corrected chi connectivity index (χ1v) is 6.85. The molecular formula is C14H20BrNO2. The number of alkyl carbamates (subject to hydrolysis) is 1. The van der Waals surface area contributed by atoms with Gasteiger partial charge in [0.2, 0.25) is 0 Å². The molecule has 1 amide bonds. The summed E-state index contributed by atoms with van der Waals surface area (Å²) in [7, 11) is 0. The third-order valence-corrected chi connectivity index (χ3v) is 2.86. The molecule has 0 aliphatic rings. The van der Waals surface area contributed by atoms with Gasteiger partial charge in [-0.1, -0.05) is 28.9 Å². The van der Waals surface area contributed by atoms with E-state index in [1.165, 1.54) is 5.56 Å². The Morgan fingerprint density at radius 3 is 2.56 bits per heavy atom. The van der Waals surface area contributed by atoms with Crippen molar-refractivity contribution in [3.05, 3.63) is 33.8 Å². The number of hydrogen-bond acceptors (Lipinski definition) is 2. The van der Waals surface area contributed by atoms with Crippen LogP contribution in [0.15, 0.2) is 22.7 Å². The van der Waals surface area contributed by atoms with Gasteiger partial charge in [0.15, 0.2) is 0 Å². The van der Waals surface area contributed by atoms with Crippen molar-refractivity contribution in [3.63, 3.8) is 0 Å². The molecule has 0 saturated carbocycles. The highest BCUT2D eigenvalue weighted by atomic mass is 79.9. The smallest absolute Gasteiger partial charge is 0.407 e. The lowest BCUT2D eigenvalue weighted by Gasteiger charge is -2.20. The fraction of sp³-hybridized carbons (Fsp3) is 0.500. The van der Waals surface area contributed by atoms with Gasteiger partial charge in [-0.25, -0.2) is 4.79 Å². The van der Waals surface area contributed by atoms with Crippen LogP contribution in [0.5, 0.6) is 0 Å². The van der Waals surface area contributed by atoms with Gasteiger partial charge in [-0.3, -0.25) is 0 Å². The molecule has 1 aromatic carbocycles. The summed E-state index contributed by atoms with van der Waals surface area (Å²) in [4.78, 5) is 11.6. The number of aryl methyl sites for hydroxylation is 1. The predicted octanol–water partition coefficient (Wildman–Crippen LogP) is 4.04. The van der Waals surface area contributed by atoms with E-state index in [9.17, 15) is 4.79 Å². The first kappa shape index (κ1) is 15.0. The van der Waals surface area contributed by atoms with E-state index in [0.29, 0.717) is 6.54 Å². The van der Waals surface area contributed by atoms with Crippen molar-refractivity contribution in [1.82, 2.24) is 5.32 Å². The molecule has 0 heterocycles. The Hall–Kier alpha value is -1.03. The molecule has 4 heteroatoms. The molecule has 0 saturated heterocycles. The minimum Gasteiger partial charge on any atom is -0.444 e. The number of carbonyl (C=O) groups is 1. The van der Waals surface area contributed by atoms with Crippen molar-refractivity contribution < 1.29 is 9.53 Å². The van der Waals surface area contributed by atoms with Crippen LogP contribution in [0.3, 0.4) is 0 Å². The van der Waals surface area contributed by atoms with Gasteiger partial charge in [-0.05, 0) is 50.5 Å². The summed E-state index contributed by atoms with van der Waals surface area (Å²) in [6.07, 6.45) is 0.553. The molecule has 0 spiro atoms. The average Bonchev–Trinajstić information content (AvgIpc) is 2.24. The van der Waals surface area contributed by atoms with Crippen LogP contribution in [0.25, 0.3) is 0 Å². The Labute approximate surface area is 117 Å². The van der Waals surface area contributed by atoms with Crippen LogP contribution >= 0.6 is 15.9 Å². The topological polar surface area (TPSA) is 38.3 Å². The molecule has 0 fully saturated rings. The van der Waals surface area contributed by atoms with Crippen LogP contribution in [0.2, 0.25) is 0 Å². The molecule has 100 valence electrons. The molecule has 1 rings (SSSR count). The lowest BCUT2D eigenvalue weighted by Crippen LogP contribution is -2.32. The molecule has 1 aromatic rings. The third kappa shape index (κ3) is 5.08. The van der Waals surface area contributed by atoms with Crippen LogP contribution in [-0.2, 0) is 17.7 Å². The minimum absolute atomic E-state index is 0.382. The molecule has 0 aliphatic heterocycles. The lowest BCUT2D eigenvalue weighted by atomic mass is 10.1. The van der Waals surface area contributed by atoms with Crippen LogP contribution in [0.1, 0.15) is 38.8 Å². The van der Waals surface area contributed by atoms with E-state index in [1.807, 2.05) is 32.9 Å². The number of rotatable bonds is 3. The van der Waals surface area contributed by atoms with E-state index in [1.54, 1.807) is 0 Å². The van der Waals surface area contributed by atoms with E-state index in [2.05, 4.69) is 34.2 Å². The second-order valence-corrected chi connectivity index (χ2v) is 6.04. The molecule has 3 nitrogen and oxygen atoms in total. The maximum absolute atomic E-state index is 11.6. The van der Waals surface area contributed by atoms with Crippen molar-refractivity contribution in [1.29, 1.82) is 0 Å². The Bertz CT molecular complexity index is 424. The summed E-state index contributed by atoms with van der Waals surface area (Å²) >= 11 is 3.44. The van der Waals surface area contributed by atoms with Gasteiger partial charge in [0.05, 0.1) is 0 Å². The van der Waals surface area contributed by atoms with Crippen molar-refractivity contribution in [2.75, 3.05) is 0 Å². The summed E-state index contributed by atoms with van der Waals surface area (Å²) in [5, 5.41) is 2.77. The summed E-state index contributed by atoms with van der Waals surface area (Å²) in [5.41, 5.74) is 1.88. The summed E-state index contributed by atoms with van der Waals surface area (Å²) in [6.45, 7) is 8.14. The highest BCUT2D eigenvalue weighted by molar-refractivity contribution is 9.10. The molecule has 0 aromatic heterocycles. The number of hydrogen-bond donors (Lipinski definition) is 1. The number of halogens is 1. The summed E-state index contributed by atoms with van der Waals surface area (Å²) in [5.74, 6) is 0. The van der Waals surface area contributed by atoms with Gasteiger partial charge in [0.25, 0.3) is 0 Å². The maximum atomic E-state index is 11.6. The van der Waals surface area contributed by atoms with Crippen LogP contribution < -0.4 is 5.32 Å². The Morgan fingerprint density at radius 1 is 1.33 bits per heavy atom. The Morgan fingerprint density at radius 2 is 2.00 bits per heavy atom. The van der Waals surface area contributed by atoms with Crippen LogP contribution in [0.4, 0.5) is 4.79 Å². The maximum Gasteiger partial charge on any atom is 0.407 e. The van der Waals surface area contributed by atoms with E-state index >= 15 is 0 Å². The highest BCUT2D eigenvalue weighted by Gasteiger charge is 2.15. The number of carbonyl (C=O) groups excluding carboxylic acids is 1. The highest BCUT2D eigenvalue weighted by Crippen LogP contribution is 2.17. The third-order valence-electron chi connectivity index (χ3n) is 2.37. The fourth-order valence-corrected chi connectivity index (χ4v) is 1.99. The molecular weight excluding hydrogens is 294 g/mol. The first-order valence-electron chi connectivity index (χ1n) is 6.06. The SMILES string of the molecule is CCc1cc(Br)ccc1CNC(=O)OC(C)(C)C. The molecule has 0 bridgehead atoms. The Balaban J connectivity index is 2.61. The van der Waals surface area contributed by atoms with Crippen molar-refractivity contribution in [3.8, 4) is 0 Å². The molecule has 0 aliphatic carbocycles. The normalized spacial score (nSPS) is 11.2. The Kier molecular flexibility index (Phi) is 5.20. The average molecular weight is 314 g/mol. The van der Waals surface area contributed by atoms with Crippen molar-refractivity contribution in [2.24, 2.45) is 0 Å². The van der Waals surface area contributed by atoms with Gasteiger partial charge in [-0.15, -0.1) is 0 Å². The zero-order chi connectivity index (χ0) is 13.8. The molecule has 0 radical (unpaired) electrons. The molecule has 0 unspecified atom stereocenters. The number of benzene rings is 1. The van der Waals surface area contributed by atoms with Gasteiger partial charge < -0.3 is 10.1 Å². The number of ether oxygens (including phenoxy) is 1. The molecule has 0 atom stereocenters. The van der Waals surface area contributed by atoms with E-state index in [4.69, 9.17) is 4.74 Å². The summed E-state index contributed by atoms with van der Waals surface area (Å²) in [6, 6.07) is 6.07. The first-order chi connectivity index (χ1) is 8.31. The molecule has 1 N–H and O–H groups in total. The van der Waals surface area contributed by atoms with Crippen LogP contribution in [-0.4, -0.2) is 11.7 Å². The lowest BCUT2D eigenvalue weighted by molar-refractivity contribution is 0.0523. The largest absolute Gasteiger partial charge is 0.444 e. The quantitative estimate of drug-likeness (QED) is 0.914. The summed E-state index contributed by atoms with van der Waals surface area (Å²) < 4.78 is 6.25. The predicted molar refractivity (Wildman–Crippen MR) is 76.6 cm³/mol. The monoisotopic (exact) mass is 313 g/mol. The van der Waals surface area contributed by atoms with Gasteiger partial charge >= 0.3 is 6.09 Å². The van der Waals surface area contributed by atoms with E-state index < -0.39 is 5.60 Å². The zero-order valence-corrected chi connectivity index (χ0v) is 12.9. The fourth-order valence-electron chi connectivity index (χ4n) is 1.58. The number of amides is 1. The number of nitrogens with one attached hydrogen (secondary N) is 1. The van der Waals surface area contributed by atoms with Crippen molar-refractivity contribution >= 4 is 22.0 Å². The second kappa shape index (κ2) is 6.23. The molecule has 18 heavy (non-hydrogen) atoms. The second-order valence-electron chi connectivity index (χ2n) is 5.12. The van der Waals surface area contributed by atoms with Gasteiger partial charge in [0, 0.05) is 11.0 Å². The van der Waals surface area contributed by atoms with E-state index in [0.717, 1.165) is 16.5 Å². The zero-order valence-electron chi connectivity index (χ0n) is 11.3. The minimum atomic E-state index is -0.461. The van der Waals surface area contributed by atoms with Gasteiger partial charge in [-0.2, -0.15) is 0 Å². The van der Waals surface area contributed by atoms with E-state index in [-0.39, 0.29) is 6.09 Å².